The lowest BCUT2D eigenvalue weighted by Crippen LogP contribution is -2.42. The first-order valence-corrected chi connectivity index (χ1v) is 10.7. The fourth-order valence-corrected chi connectivity index (χ4v) is 5.12. The molecule has 1 aromatic carbocycles. The molecule has 144 valence electrons. The van der Waals surface area contributed by atoms with Gasteiger partial charge in [-0.25, -0.2) is 8.42 Å². The van der Waals surface area contributed by atoms with Gasteiger partial charge >= 0.3 is 0 Å². The Balaban J connectivity index is 1.79. The number of benzene rings is 1. The van der Waals surface area contributed by atoms with Crippen LogP contribution in [0, 0.1) is 0 Å². The maximum absolute atomic E-state index is 13.0. The largest absolute Gasteiger partial charge is 0.346 e. The van der Waals surface area contributed by atoms with Gasteiger partial charge in [0.05, 0.1) is 10.9 Å². The van der Waals surface area contributed by atoms with Crippen molar-refractivity contribution < 1.29 is 13.2 Å². The molecule has 1 N–H and O–H groups in total. The number of carbonyl (C=O) groups excluding carboxylic acids is 1. The van der Waals surface area contributed by atoms with Gasteiger partial charge in [0.2, 0.25) is 10.0 Å². The molecule has 0 aliphatic carbocycles. The van der Waals surface area contributed by atoms with E-state index in [1.165, 1.54) is 6.07 Å². The number of piperidine rings is 1. The van der Waals surface area contributed by atoms with E-state index in [1.54, 1.807) is 34.9 Å². The molecule has 0 bridgehead atoms. The Morgan fingerprint density at radius 3 is 2.67 bits per heavy atom. The van der Waals surface area contributed by atoms with Crippen molar-refractivity contribution in [2.45, 2.75) is 50.1 Å². The first-order chi connectivity index (χ1) is 12.9. The van der Waals surface area contributed by atoms with Crippen LogP contribution in [0.25, 0.3) is 0 Å². The van der Waals surface area contributed by atoms with Crippen LogP contribution in [0.5, 0.6) is 0 Å². The molecule has 0 radical (unpaired) electrons. The third kappa shape index (κ3) is 4.36. The van der Waals surface area contributed by atoms with Gasteiger partial charge in [0.15, 0.2) is 0 Å². The van der Waals surface area contributed by atoms with Crippen molar-refractivity contribution in [2.24, 2.45) is 0 Å². The number of aromatic nitrogens is 1. The minimum Gasteiger partial charge on any atom is -0.346 e. The molecule has 0 spiro atoms. The zero-order valence-corrected chi connectivity index (χ0v) is 16.4. The molecule has 1 aliphatic heterocycles. The Bertz CT molecular complexity index is 900. The van der Waals surface area contributed by atoms with E-state index in [4.69, 9.17) is 0 Å². The predicted molar refractivity (Wildman–Crippen MR) is 104 cm³/mol. The van der Waals surface area contributed by atoms with Crippen molar-refractivity contribution in [3.05, 3.63) is 59.9 Å². The summed E-state index contributed by atoms with van der Waals surface area (Å²) < 4.78 is 27.6. The van der Waals surface area contributed by atoms with Crippen molar-refractivity contribution in [3.8, 4) is 0 Å². The van der Waals surface area contributed by atoms with E-state index in [-0.39, 0.29) is 22.9 Å². The Morgan fingerprint density at radius 2 is 1.96 bits per heavy atom. The second kappa shape index (κ2) is 8.19. The van der Waals surface area contributed by atoms with E-state index in [1.807, 2.05) is 26.0 Å². The van der Waals surface area contributed by atoms with Gasteiger partial charge in [-0.15, -0.1) is 0 Å². The molecule has 6 nitrogen and oxygen atoms in total. The highest BCUT2D eigenvalue weighted by Gasteiger charge is 2.31. The van der Waals surface area contributed by atoms with Crippen molar-refractivity contribution in [1.29, 1.82) is 0 Å². The molecule has 2 heterocycles. The zero-order valence-electron chi connectivity index (χ0n) is 15.6. The Hall–Kier alpha value is -2.25. The minimum atomic E-state index is -3.60. The third-order valence-corrected chi connectivity index (χ3v) is 7.01. The van der Waals surface area contributed by atoms with E-state index in [0.29, 0.717) is 12.1 Å². The normalized spacial score (nSPS) is 19.4. The molecule has 0 saturated carbocycles. The number of hydrogen-bond acceptors (Lipinski definition) is 4. The summed E-state index contributed by atoms with van der Waals surface area (Å²) in [5, 5.41) is 2.90. The van der Waals surface area contributed by atoms with Crippen molar-refractivity contribution in [3.63, 3.8) is 0 Å². The Morgan fingerprint density at radius 1 is 1.22 bits per heavy atom. The molecule has 3 rings (SSSR count). The molecule has 1 saturated heterocycles. The van der Waals surface area contributed by atoms with Gasteiger partial charge < -0.3 is 5.32 Å². The van der Waals surface area contributed by atoms with Gasteiger partial charge in [0.1, 0.15) is 0 Å². The predicted octanol–water partition coefficient (Wildman–Crippen LogP) is 3.14. The summed E-state index contributed by atoms with van der Waals surface area (Å²) in [6.07, 6.45) is 6.12. The van der Waals surface area contributed by atoms with Gasteiger partial charge in [-0.2, -0.15) is 4.31 Å². The van der Waals surface area contributed by atoms with Crippen LogP contribution >= 0.6 is 0 Å². The molecular weight excluding hydrogens is 362 g/mol. The standard InChI is InChI=1S/C20H25N3O3S/c1-15-6-3-4-13-23(15)27(25,26)19-8-5-7-18(14-19)20(24)22-16(2)17-9-11-21-12-10-17/h5,7-12,14-16H,3-4,6,13H2,1-2H3,(H,22,24). The van der Waals surface area contributed by atoms with Gasteiger partial charge in [-0.05, 0) is 62.6 Å². The lowest BCUT2D eigenvalue weighted by atomic mass is 10.1. The van der Waals surface area contributed by atoms with Crippen LogP contribution in [0.4, 0.5) is 0 Å². The molecular formula is C20H25N3O3S. The van der Waals surface area contributed by atoms with Gasteiger partial charge in [-0.3, -0.25) is 9.78 Å². The highest BCUT2D eigenvalue weighted by molar-refractivity contribution is 7.89. The molecule has 1 fully saturated rings. The molecule has 2 aromatic rings. The average Bonchev–Trinajstić information content (AvgIpc) is 2.69. The minimum absolute atomic E-state index is 0.0204. The Labute approximate surface area is 160 Å². The van der Waals surface area contributed by atoms with Crippen LogP contribution in [-0.2, 0) is 10.0 Å². The summed E-state index contributed by atoms with van der Waals surface area (Å²) in [5.41, 5.74) is 1.27. The third-order valence-electron chi connectivity index (χ3n) is 5.00. The van der Waals surface area contributed by atoms with Crippen LogP contribution in [0.1, 0.15) is 55.1 Å². The van der Waals surface area contributed by atoms with Crippen LogP contribution < -0.4 is 5.32 Å². The first kappa shape index (κ1) is 19.5. The lowest BCUT2D eigenvalue weighted by Gasteiger charge is -2.32. The summed E-state index contributed by atoms with van der Waals surface area (Å²) in [5.74, 6) is -0.303. The molecule has 1 aromatic heterocycles. The van der Waals surface area contributed by atoms with Crippen LogP contribution in [0.3, 0.4) is 0 Å². The second-order valence-electron chi connectivity index (χ2n) is 6.96. The number of pyridine rings is 1. The summed E-state index contributed by atoms with van der Waals surface area (Å²) in [4.78, 5) is 16.8. The molecule has 2 unspecified atom stereocenters. The number of amides is 1. The van der Waals surface area contributed by atoms with Crippen LogP contribution in [0.15, 0.2) is 53.7 Å². The summed E-state index contributed by atoms with van der Waals surface area (Å²) >= 11 is 0. The Kier molecular flexibility index (Phi) is 5.92. The fourth-order valence-electron chi connectivity index (χ4n) is 3.38. The zero-order chi connectivity index (χ0) is 19.4. The maximum Gasteiger partial charge on any atom is 0.251 e. The highest BCUT2D eigenvalue weighted by atomic mass is 32.2. The molecule has 1 amide bonds. The van der Waals surface area contributed by atoms with Gasteiger partial charge in [-0.1, -0.05) is 12.5 Å². The van der Waals surface area contributed by atoms with E-state index >= 15 is 0 Å². The number of nitrogens with one attached hydrogen (secondary N) is 1. The maximum atomic E-state index is 13.0. The first-order valence-electron chi connectivity index (χ1n) is 9.22. The average molecular weight is 388 g/mol. The number of carbonyl (C=O) groups is 1. The van der Waals surface area contributed by atoms with Crippen LogP contribution in [-0.4, -0.2) is 36.2 Å². The van der Waals surface area contributed by atoms with Crippen molar-refractivity contribution >= 4 is 15.9 Å². The number of hydrogen-bond donors (Lipinski definition) is 1. The summed E-state index contributed by atoms with van der Waals surface area (Å²) in [6.45, 7) is 4.34. The molecule has 7 heteroatoms. The van der Waals surface area contributed by atoms with E-state index in [0.717, 1.165) is 24.8 Å². The van der Waals surface area contributed by atoms with Crippen molar-refractivity contribution in [2.75, 3.05) is 6.54 Å². The van der Waals surface area contributed by atoms with E-state index in [9.17, 15) is 13.2 Å². The van der Waals surface area contributed by atoms with Gasteiger partial charge in [0.25, 0.3) is 5.91 Å². The van der Waals surface area contributed by atoms with Crippen molar-refractivity contribution in [1.82, 2.24) is 14.6 Å². The number of rotatable bonds is 5. The smallest absolute Gasteiger partial charge is 0.251 e. The molecule has 2 atom stereocenters. The van der Waals surface area contributed by atoms with E-state index in [2.05, 4.69) is 10.3 Å². The van der Waals surface area contributed by atoms with Gasteiger partial charge in [0, 0.05) is 30.5 Å². The summed E-state index contributed by atoms with van der Waals surface area (Å²) in [7, 11) is -3.60. The van der Waals surface area contributed by atoms with Crippen LogP contribution in [0.2, 0.25) is 0 Å². The highest BCUT2D eigenvalue weighted by Crippen LogP contribution is 2.25. The second-order valence-corrected chi connectivity index (χ2v) is 8.85. The monoisotopic (exact) mass is 387 g/mol. The molecule has 1 aliphatic rings. The lowest BCUT2D eigenvalue weighted by molar-refractivity contribution is 0.0939. The van der Waals surface area contributed by atoms with E-state index < -0.39 is 10.0 Å². The molecule has 27 heavy (non-hydrogen) atoms. The SMILES string of the molecule is CC(NC(=O)c1cccc(S(=O)(=O)N2CCCCC2C)c1)c1ccncc1. The fraction of sp³-hybridized carbons (Fsp3) is 0.400. The number of nitrogens with zero attached hydrogens (tertiary/aromatic N) is 2. The number of sulfonamides is 1. The summed E-state index contributed by atoms with van der Waals surface area (Å²) in [6, 6.07) is 9.72. The quantitative estimate of drug-likeness (QED) is 0.855. The topological polar surface area (TPSA) is 79.4 Å².